The largest absolute Gasteiger partial charge is 0.479 e. The van der Waals surface area contributed by atoms with Crippen LogP contribution >= 0.6 is 15.9 Å². The summed E-state index contributed by atoms with van der Waals surface area (Å²) in [6.45, 7) is 0. The van der Waals surface area contributed by atoms with Crippen molar-refractivity contribution < 1.29 is 24.5 Å². The van der Waals surface area contributed by atoms with Crippen LogP contribution in [-0.4, -0.2) is 27.4 Å². The second-order valence-electron chi connectivity index (χ2n) is 2.87. The second kappa shape index (κ2) is 4.69. The third-order valence-corrected chi connectivity index (χ3v) is 2.69. The molecule has 4 nitrogen and oxygen atoms in total. The number of aliphatic carboxylic acids is 1. The fraction of sp³-hybridized carbons (Fsp3) is 0.222. The quantitative estimate of drug-likeness (QED) is 0.773. The van der Waals surface area contributed by atoms with Crippen LogP contribution in [0.3, 0.4) is 0 Å². The van der Waals surface area contributed by atoms with Crippen LogP contribution in [-0.2, 0) is 4.79 Å². The number of carboxylic acid groups (broad SMARTS) is 1. The molecule has 6 heteroatoms. The highest BCUT2D eigenvalue weighted by molar-refractivity contribution is 9.10. The maximum absolute atomic E-state index is 13.0. The van der Waals surface area contributed by atoms with Gasteiger partial charge in [0.25, 0.3) is 0 Å². The molecule has 82 valence electrons. The smallest absolute Gasteiger partial charge is 0.335 e. The fourth-order valence-corrected chi connectivity index (χ4v) is 1.55. The van der Waals surface area contributed by atoms with Crippen LogP contribution in [0, 0.1) is 5.82 Å². The van der Waals surface area contributed by atoms with Crippen LogP contribution in [0.5, 0.6) is 0 Å². The molecule has 15 heavy (non-hydrogen) atoms. The third kappa shape index (κ3) is 2.53. The summed E-state index contributed by atoms with van der Waals surface area (Å²) in [7, 11) is 0. The van der Waals surface area contributed by atoms with Gasteiger partial charge in [-0.05, 0) is 22.0 Å². The molecule has 1 aromatic rings. The standard InChI is InChI=1S/C9H8BrFO4/c10-6-4(2-1-3-5(6)11)7(12)8(13)9(14)15/h1-3,7-8,12-13H,(H,14,15). The number of hydrogen-bond donors (Lipinski definition) is 3. The van der Waals surface area contributed by atoms with Gasteiger partial charge in [0.15, 0.2) is 6.10 Å². The van der Waals surface area contributed by atoms with Gasteiger partial charge in [0, 0.05) is 5.56 Å². The summed E-state index contributed by atoms with van der Waals surface area (Å²) >= 11 is 2.86. The monoisotopic (exact) mass is 278 g/mol. The van der Waals surface area contributed by atoms with E-state index in [4.69, 9.17) is 10.2 Å². The van der Waals surface area contributed by atoms with E-state index in [0.717, 1.165) is 6.07 Å². The Bertz CT molecular complexity index is 382. The molecule has 0 aliphatic rings. The maximum Gasteiger partial charge on any atom is 0.335 e. The van der Waals surface area contributed by atoms with E-state index < -0.39 is 24.0 Å². The van der Waals surface area contributed by atoms with E-state index in [1.807, 2.05) is 0 Å². The van der Waals surface area contributed by atoms with E-state index in [1.54, 1.807) is 0 Å². The zero-order valence-electron chi connectivity index (χ0n) is 7.39. The molecule has 2 atom stereocenters. The summed E-state index contributed by atoms with van der Waals surface area (Å²) in [6.07, 6.45) is -3.66. The zero-order chi connectivity index (χ0) is 11.6. The van der Waals surface area contributed by atoms with Crippen molar-refractivity contribution in [2.75, 3.05) is 0 Å². The lowest BCUT2D eigenvalue weighted by Crippen LogP contribution is -2.27. The number of benzene rings is 1. The van der Waals surface area contributed by atoms with Crippen molar-refractivity contribution in [3.8, 4) is 0 Å². The average Bonchev–Trinajstić information content (AvgIpc) is 2.20. The van der Waals surface area contributed by atoms with Gasteiger partial charge in [-0.15, -0.1) is 0 Å². The van der Waals surface area contributed by atoms with Gasteiger partial charge in [0.05, 0.1) is 4.47 Å². The molecule has 3 N–H and O–H groups in total. The Morgan fingerprint density at radius 2 is 2.00 bits per heavy atom. The Hall–Kier alpha value is -0.980. The first-order valence-corrected chi connectivity index (χ1v) is 4.77. The molecule has 2 unspecified atom stereocenters. The highest BCUT2D eigenvalue weighted by Gasteiger charge is 2.27. The Balaban J connectivity index is 3.06. The first kappa shape index (κ1) is 12.1. The van der Waals surface area contributed by atoms with Crippen molar-refractivity contribution in [2.24, 2.45) is 0 Å². The van der Waals surface area contributed by atoms with Gasteiger partial charge in [-0.2, -0.15) is 0 Å². The summed E-state index contributed by atoms with van der Waals surface area (Å²) < 4.78 is 13.0. The number of aliphatic hydroxyl groups is 2. The molecule has 0 heterocycles. The predicted molar refractivity (Wildman–Crippen MR) is 52.7 cm³/mol. The number of halogens is 2. The molecule has 0 bridgehead atoms. The second-order valence-corrected chi connectivity index (χ2v) is 3.66. The first-order chi connectivity index (χ1) is 6.95. The van der Waals surface area contributed by atoms with Gasteiger partial charge < -0.3 is 15.3 Å². The highest BCUT2D eigenvalue weighted by atomic mass is 79.9. The van der Waals surface area contributed by atoms with Crippen LogP contribution in [0.25, 0.3) is 0 Å². The molecule has 1 aromatic carbocycles. The van der Waals surface area contributed by atoms with Gasteiger partial charge in [-0.25, -0.2) is 9.18 Å². The van der Waals surface area contributed by atoms with Crippen LogP contribution < -0.4 is 0 Å². The minimum Gasteiger partial charge on any atom is -0.479 e. The molecule has 0 saturated carbocycles. The number of carbonyl (C=O) groups is 1. The fourth-order valence-electron chi connectivity index (χ4n) is 1.05. The minimum atomic E-state index is -1.98. The van der Waals surface area contributed by atoms with E-state index in [0.29, 0.717) is 0 Å². The van der Waals surface area contributed by atoms with Gasteiger partial charge >= 0.3 is 5.97 Å². The molecule has 0 amide bonds. The number of carboxylic acids is 1. The van der Waals surface area contributed by atoms with Crippen molar-refractivity contribution >= 4 is 21.9 Å². The molecular weight excluding hydrogens is 271 g/mol. The van der Waals surface area contributed by atoms with Crippen LogP contribution in [0.15, 0.2) is 22.7 Å². The van der Waals surface area contributed by atoms with Crippen molar-refractivity contribution in [2.45, 2.75) is 12.2 Å². The lowest BCUT2D eigenvalue weighted by Gasteiger charge is -2.15. The lowest BCUT2D eigenvalue weighted by atomic mass is 10.0. The summed E-state index contributed by atoms with van der Waals surface area (Å²) in [4.78, 5) is 10.4. The lowest BCUT2D eigenvalue weighted by molar-refractivity contribution is -0.153. The molecule has 0 spiro atoms. The van der Waals surface area contributed by atoms with Crippen molar-refractivity contribution in [1.82, 2.24) is 0 Å². The molecule has 0 fully saturated rings. The van der Waals surface area contributed by atoms with E-state index in [-0.39, 0.29) is 10.0 Å². The molecule has 0 aliphatic heterocycles. The van der Waals surface area contributed by atoms with Crippen LogP contribution in [0.1, 0.15) is 11.7 Å². The van der Waals surface area contributed by atoms with Crippen LogP contribution in [0.2, 0.25) is 0 Å². The van der Waals surface area contributed by atoms with Gasteiger partial charge in [0.2, 0.25) is 0 Å². The van der Waals surface area contributed by atoms with Gasteiger partial charge in [0.1, 0.15) is 11.9 Å². The molecule has 1 rings (SSSR count). The molecule has 0 radical (unpaired) electrons. The van der Waals surface area contributed by atoms with Gasteiger partial charge in [-0.3, -0.25) is 0 Å². The topological polar surface area (TPSA) is 77.8 Å². The van der Waals surface area contributed by atoms with E-state index in [2.05, 4.69) is 15.9 Å². The molecular formula is C9H8BrFO4. The Morgan fingerprint density at radius 3 is 2.53 bits per heavy atom. The molecule has 0 saturated heterocycles. The van der Waals surface area contributed by atoms with Crippen molar-refractivity contribution in [3.63, 3.8) is 0 Å². The first-order valence-electron chi connectivity index (χ1n) is 3.98. The SMILES string of the molecule is O=C(O)C(O)C(O)c1cccc(F)c1Br. The number of aliphatic hydroxyl groups excluding tert-OH is 2. The van der Waals surface area contributed by atoms with Crippen LogP contribution in [0.4, 0.5) is 4.39 Å². The Kier molecular flexibility index (Phi) is 3.78. The summed E-state index contributed by atoms with van der Waals surface area (Å²) in [5, 5.41) is 27.0. The Labute approximate surface area is 93.1 Å². The highest BCUT2D eigenvalue weighted by Crippen LogP contribution is 2.27. The van der Waals surface area contributed by atoms with Gasteiger partial charge in [-0.1, -0.05) is 12.1 Å². The predicted octanol–water partition coefficient (Wildman–Crippen LogP) is 1.07. The summed E-state index contributed by atoms with van der Waals surface area (Å²) in [5.74, 6) is -2.21. The minimum absolute atomic E-state index is 0.00935. The van der Waals surface area contributed by atoms with Crippen molar-refractivity contribution in [3.05, 3.63) is 34.1 Å². The Morgan fingerprint density at radius 1 is 1.40 bits per heavy atom. The van der Waals surface area contributed by atoms with Crippen molar-refractivity contribution in [1.29, 1.82) is 0 Å². The van der Waals surface area contributed by atoms with E-state index in [9.17, 15) is 14.3 Å². The summed E-state index contributed by atoms with van der Waals surface area (Å²) in [6, 6.07) is 3.78. The summed E-state index contributed by atoms with van der Waals surface area (Å²) in [5.41, 5.74) is -0.00935. The van der Waals surface area contributed by atoms with E-state index >= 15 is 0 Å². The molecule has 0 aliphatic carbocycles. The molecule has 0 aromatic heterocycles. The number of rotatable bonds is 3. The van der Waals surface area contributed by atoms with E-state index in [1.165, 1.54) is 12.1 Å². The third-order valence-electron chi connectivity index (χ3n) is 1.85. The average molecular weight is 279 g/mol. The number of hydrogen-bond acceptors (Lipinski definition) is 3. The zero-order valence-corrected chi connectivity index (χ0v) is 8.98. The normalized spacial score (nSPS) is 14.7. The maximum atomic E-state index is 13.0.